The summed E-state index contributed by atoms with van der Waals surface area (Å²) in [7, 11) is 0. The third-order valence-electron chi connectivity index (χ3n) is 5.14. The lowest BCUT2D eigenvalue weighted by atomic mass is 9.72. The van der Waals surface area contributed by atoms with Gasteiger partial charge in [-0.05, 0) is 54.6 Å². The first-order valence-corrected chi connectivity index (χ1v) is 8.10. The summed E-state index contributed by atoms with van der Waals surface area (Å²) >= 11 is 0. The van der Waals surface area contributed by atoms with Crippen LogP contribution in [-0.4, -0.2) is 12.6 Å². The minimum atomic E-state index is 0.0995. The molecule has 0 radical (unpaired) electrons. The van der Waals surface area contributed by atoms with Gasteiger partial charge in [-0.15, -0.1) is 0 Å². The zero-order valence-corrected chi connectivity index (χ0v) is 12.7. The average molecular weight is 273 g/mol. The highest BCUT2D eigenvalue weighted by Gasteiger charge is 2.35. The van der Waals surface area contributed by atoms with Gasteiger partial charge in [-0.1, -0.05) is 38.1 Å². The zero-order chi connectivity index (χ0) is 14.1. The average Bonchev–Trinajstić information content (AvgIpc) is 2.45. The molecule has 1 aliphatic carbocycles. The van der Waals surface area contributed by atoms with E-state index < -0.39 is 0 Å². The number of fused-ring (bicyclic) bond motifs is 1. The van der Waals surface area contributed by atoms with E-state index >= 15 is 0 Å². The molecule has 0 spiro atoms. The highest BCUT2D eigenvalue weighted by atomic mass is 16.5. The van der Waals surface area contributed by atoms with Gasteiger partial charge in [-0.3, -0.25) is 0 Å². The first-order chi connectivity index (χ1) is 9.65. The van der Waals surface area contributed by atoms with Gasteiger partial charge in [0, 0.05) is 6.04 Å². The van der Waals surface area contributed by atoms with E-state index in [2.05, 4.69) is 38.1 Å². The maximum Gasteiger partial charge on any atom is 0.0981 e. The van der Waals surface area contributed by atoms with Crippen molar-refractivity contribution in [2.75, 3.05) is 6.61 Å². The Labute approximate surface area is 122 Å². The SMILES string of the molecule is CC1CC(C)CC(C(N)C2OCCc3ccccc32)C1. The molecule has 4 atom stereocenters. The second-order valence-electron chi connectivity index (χ2n) is 7.00. The third-order valence-corrected chi connectivity index (χ3v) is 5.14. The first-order valence-electron chi connectivity index (χ1n) is 8.10. The molecule has 110 valence electrons. The maximum absolute atomic E-state index is 6.64. The molecule has 1 fully saturated rings. The van der Waals surface area contributed by atoms with Crippen molar-refractivity contribution >= 4 is 0 Å². The second kappa shape index (κ2) is 5.87. The van der Waals surface area contributed by atoms with Gasteiger partial charge in [0.1, 0.15) is 0 Å². The molecule has 3 rings (SSSR count). The fourth-order valence-electron chi connectivity index (χ4n) is 4.31. The number of ether oxygens (including phenoxy) is 1. The van der Waals surface area contributed by atoms with Crippen LogP contribution in [0.5, 0.6) is 0 Å². The summed E-state index contributed by atoms with van der Waals surface area (Å²) in [5.74, 6) is 2.20. The van der Waals surface area contributed by atoms with Crippen LogP contribution in [0.3, 0.4) is 0 Å². The molecule has 2 nitrogen and oxygen atoms in total. The van der Waals surface area contributed by atoms with Crippen LogP contribution in [0, 0.1) is 17.8 Å². The summed E-state index contributed by atoms with van der Waals surface area (Å²) in [5.41, 5.74) is 9.40. The Morgan fingerprint density at radius 2 is 1.80 bits per heavy atom. The largest absolute Gasteiger partial charge is 0.372 e. The van der Waals surface area contributed by atoms with Crippen LogP contribution in [0.1, 0.15) is 50.3 Å². The molecular weight excluding hydrogens is 246 g/mol. The fourth-order valence-corrected chi connectivity index (χ4v) is 4.31. The third kappa shape index (κ3) is 2.77. The lowest BCUT2D eigenvalue weighted by Gasteiger charge is -2.39. The Balaban J connectivity index is 1.79. The van der Waals surface area contributed by atoms with E-state index in [9.17, 15) is 0 Å². The number of benzene rings is 1. The number of hydrogen-bond acceptors (Lipinski definition) is 2. The summed E-state index contributed by atoms with van der Waals surface area (Å²) in [4.78, 5) is 0. The Hall–Kier alpha value is -0.860. The van der Waals surface area contributed by atoms with Crippen molar-refractivity contribution in [3.05, 3.63) is 35.4 Å². The lowest BCUT2D eigenvalue weighted by molar-refractivity contribution is -0.000515. The Morgan fingerprint density at radius 3 is 2.55 bits per heavy atom. The summed E-state index contributed by atoms with van der Waals surface area (Å²) in [6, 6.07) is 8.80. The minimum Gasteiger partial charge on any atom is -0.372 e. The van der Waals surface area contributed by atoms with E-state index in [1.165, 1.54) is 30.4 Å². The van der Waals surface area contributed by atoms with Crippen molar-refractivity contribution in [3.8, 4) is 0 Å². The van der Waals surface area contributed by atoms with E-state index in [4.69, 9.17) is 10.5 Å². The van der Waals surface area contributed by atoms with Crippen molar-refractivity contribution in [1.29, 1.82) is 0 Å². The van der Waals surface area contributed by atoms with Crippen molar-refractivity contribution in [2.24, 2.45) is 23.5 Å². The molecule has 2 heteroatoms. The standard InChI is InChI=1S/C18H27NO/c1-12-9-13(2)11-15(10-12)17(19)18-16-6-4-3-5-14(16)7-8-20-18/h3-6,12-13,15,17-18H,7-11,19H2,1-2H3. The number of nitrogens with two attached hydrogens (primary N) is 1. The summed E-state index contributed by atoms with van der Waals surface area (Å²) < 4.78 is 6.06. The Morgan fingerprint density at radius 1 is 1.10 bits per heavy atom. The van der Waals surface area contributed by atoms with Gasteiger partial charge in [0.25, 0.3) is 0 Å². The molecule has 0 saturated heterocycles. The summed E-state index contributed by atoms with van der Waals surface area (Å²) in [6.07, 6.45) is 4.99. The summed E-state index contributed by atoms with van der Waals surface area (Å²) in [6.45, 7) is 5.54. The van der Waals surface area contributed by atoms with E-state index in [0.717, 1.165) is 24.9 Å². The van der Waals surface area contributed by atoms with Gasteiger partial charge >= 0.3 is 0 Å². The van der Waals surface area contributed by atoms with Crippen LogP contribution in [0.15, 0.2) is 24.3 Å². The van der Waals surface area contributed by atoms with Crippen LogP contribution in [0.2, 0.25) is 0 Å². The molecule has 2 aliphatic rings. The molecule has 0 aromatic heterocycles. The lowest BCUT2D eigenvalue weighted by Crippen LogP contribution is -2.42. The summed E-state index contributed by atoms with van der Waals surface area (Å²) in [5, 5.41) is 0. The number of rotatable bonds is 2. The molecule has 1 aromatic rings. The van der Waals surface area contributed by atoms with Gasteiger partial charge in [0.05, 0.1) is 12.7 Å². The minimum absolute atomic E-state index is 0.0995. The van der Waals surface area contributed by atoms with E-state index in [1.54, 1.807) is 0 Å². The van der Waals surface area contributed by atoms with Crippen LogP contribution in [-0.2, 0) is 11.2 Å². The Bertz CT molecular complexity index is 448. The molecule has 20 heavy (non-hydrogen) atoms. The van der Waals surface area contributed by atoms with Crippen molar-refractivity contribution < 1.29 is 4.74 Å². The van der Waals surface area contributed by atoms with E-state index in [1.807, 2.05) is 0 Å². The predicted octanol–water partition coefficient (Wildman–Crippen LogP) is 3.70. The van der Waals surface area contributed by atoms with Crippen LogP contribution < -0.4 is 5.73 Å². The van der Waals surface area contributed by atoms with Crippen LogP contribution in [0.25, 0.3) is 0 Å². The van der Waals surface area contributed by atoms with E-state index in [-0.39, 0.29) is 12.1 Å². The van der Waals surface area contributed by atoms with Gasteiger partial charge in [0.2, 0.25) is 0 Å². The van der Waals surface area contributed by atoms with E-state index in [0.29, 0.717) is 5.92 Å². The predicted molar refractivity (Wildman–Crippen MR) is 82.5 cm³/mol. The van der Waals surface area contributed by atoms with Crippen molar-refractivity contribution in [3.63, 3.8) is 0 Å². The highest BCUT2D eigenvalue weighted by molar-refractivity contribution is 5.32. The fraction of sp³-hybridized carbons (Fsp3) is 0.667. The van der Waals surface area contributed by atoms with Gasteiger partial charge < -0.3 is 10.5 Å². The maximum atomic E-state index is 6.64. The zero-order valence-electron chi connectivity index (χ0n) is 12.7. The second-order valence-corrected chi connectivity index (χ2v) is 7.00. The van der Waals surface area contributed by atoms with Crippen LogP contribution >= 0.6 is 0 Å². The topological polar surface area (TPSA) is 35.2 Å². The molecule has 2 N–H and O–H groups in total. The first kappa shape index (κ1) is 14.1. The highest BCUT2D eigenvalue weighted by Crippen LogP contribution is 2.39. The smallest absolute Gasteiger partial charge is 0.0981 e. The molecule has 1 aliphatic heterocycles. The van der Waals surface area contributed by atoms with Gasteiger partial charge in [0.15, 0.2) is 0 Å². The Kier molecular flexibility index (Phi) is 4.13. The molecule has 0 bridgehead atoms. The molecule has 1 aromatic carbocycles. The number of hydrogen-bond donors (Lipinski definition) is 1. The molecule has 4 unspecified atom stereocenters. The molecule has 1 heterocycles. The monoisotopic (exact) mass is 273 g/mol. The van der Waals surface area contributed by atoms with Crippen LogP contribution in [0.4, 0.5) is 0 Å². The molecule has 1 saturated carbocycles. The van der Waals surface area contributed by atoms with Gasteiger partial charge in [-0.25, -0.2) is 0 Å². The van der Waals surface area contributed by atoms with Gasteiger partial charge in [-0.2, -0.15) is 0 Å². The van der Waals surface area contributed by atoms with Crippen molar-refractivity contribution in [1.82, 2.24) is 0 Å². The normalized spacial score (nSPS) is 35.4. The molecular formula is C18H27NO. The van der Waals surface area contributed by atoms with Crippen molar-refractivity contribution in [2.45, 2.75) is 51.7 Å². The molecule has 0 amide bonds. The quantitative estimate of drug-likeness (QED) is 0.891.